The van der Waals surface area contributed by atoms with Gasteiger partial charge in [-0.3, -0.25) is 0 Å². The second-order valence-electron chi connectivity index (χ2n) is 2.39. The topological polar surface area (TPSA) is 63.9 Å². The Kier molecular flexibility index (Phi) is 1.30. The normalized spacial score (nSPS) is 10.3. The van der Waals surface area contributed by atoms with E-state index in [2.05, 4.69) is 5.10 Å². The van der Waals surface area contributed by atoms with E-state index >= 15 is 0 Å². The van der Waals surface area contributed by atoms with E-state index in [1.807, 2.05) is 0 Å². The van der Waals surface area contributed by atoms with Crippen molar-refractivity contribution in [1.29, 1.82) is 0 Å². The highest BCUT2D eigenvalue weighted by molar-refractivity contribution is 5.59. The van der Waals surface area contributed by atoms with Gasteiger partial charge in [0.25, 0.3) is 6.20 Å². The van der Waals surface area contributed by atoms with E-state index in [0.717, 1.165) is 0 Å². The summed E-state index contributed by atoms with van der Waals surface area (Å²) in [5.74, 6) is 0. The first-order chi connectivity index (χ1) is 5.75. The van der Waals surface area contributed by atoms with Crippen molar-refractivity contribution in [3.8, 4) is 11.1 Å². The molecule has 0 bridgehead atoms. The van der Waals surface area contributed by atoms with Crippen LogP contribution in [0.5, 0.6) is 0 Å². The molecule has 0 fully saturated rings. The predicted octanol–water partition coefficient (Wildman–Crippen LogP) is 0.248. The molecule has 60 valence electrons. The van der Waals surface area contributed by atoms with Crippen LogP contribution in [0.15, 0.2) is 30.9 Å². The zero-order chi connectivity index (χ0) is 8.55. The molecule has 2 aliphatic rings. The molecule has 5 nitrogen and oxygen atoms in total. The molecule has 2 aliphatic heterocycles. The molecule has 2 heterocycles. The van der Waals surface area contributed by atoms with E-state index in [1.54, 1.807) is 6.07 Å². The second-order valence-corrected chi connectivity index (χ2v) is 2.39. The lowest BCUT2D eigenvalue weighted by Crippen LogP contribution is -2.18. The first-order valence-corrected chi connectivity index (χ1v) is 3.34. The molecule has 0 aromatic carbocycles. The maximum atomic E-state index is 10.8. The van der Waals surface area contributed by atoms with Crippen LogP contribution in [0.3, 0.4) is 0 Å². The Morgan fingerprint density at radius 2 is 2.33 bits per heavy atom. The highest BCUT2D eigenvalue weighted by atomic mass is 16.5. The highest BCUT2D eigenvalue weighted by Gasteiger charge is 2.06. The van der Waals surface area contributed by atoms with Crippen LogP contribution < -0.4 is 4.54 Å². The minimum atomic E-state index is 0.456. The fraction of sp³-hybridized carbons (Fsp3) is 0. The lowest BCUT2D eigenvalue weighted by atomic mass is 10.2. The summed E-state index contributed by atoms with van der Waals surface area (Å²) in [6, 6.07) is 1.57. The van der Waals surface area contributed by atoms with Crippen molar-refractivity contribution in [2.45, 2.75) is 0 Å². The van der Waals surface area contributed by atoms with Gasteiger partial charge in [0.2, 0.25) is 0 Å². The zero-order valence-electron chi connectivity index (χ0n) is 6.04. The van der Waals surface area contributed by atoms with Gasteiger partial charge in [-0.2, -0.15) is 0 Å². The predicted molar refractivity (Wildman–Crippen MR) is 41.0 cm³/mol. The van der Waals surface area contributed by atoms with Crippen LogP contribution in [-0.4, -0.2) is 9.83 Å². The summed E-state index contributed by atoms with van der Waals surface area (Å²) in [6.45, 7) is 0. The average Bonchev–Trinajstić information content (AvgIpc) is 2.05. The summed E-state index contributed by atoms with van der Waals surface area (Å²) >= 11 is 0. The van der Waals surface area contributed by atoms with Gasteiger partial charge < -0.3 is 9.94 Å². The van der Waals surface area contributed by atoms with Crippen LogP contribution in [0.25, 0.3) is 11.1 Å². The number of rotatable bonds is 0. The van der Waals surface area contributed by atoms with Crippen LogP contribution >= 0.6 is 0 Å². The molecule has 0 saturated carbocycles. The Bertz CT molecular complexity index is 437. The van der Waals surface area contributed by atoms with Gasteiger partial charge in [0, 0.05) is 16.9 Å². The SMILES string of the molecule is O=[n+]1cc2ccn([O-])cc-2cn1. The van der Waals surface area contributed by atoms with Crippen LogP contribution in [0.4, 0.5) is 0 Å². The first-order valence-electron chi connectivity index (χ1n) is 3.34. The number of aromatic nitrogens is 3. The molecule has 0 spiro atoms. The van der Waals surface area contributed by atoms with Gasteiger partial charge in [-0.15, -0.1) is 0 Å². The number of hydrogen-bond donors (Lipinski definition) is 0. The molecule has 0 aliphatic carbocycles. The third-order valence-electron chi connectivity index (χ3n) is 1.56. The summed E-state index contributed by atoms with van der Waals surface area (Å²) in [7, 11) is 0. The summed E-state index contributed by atoms with van der Waals surface area (Å²) in [4.78, 5) is 10.7. The fourth-order valence-electron chi connectivity index (χ4n) is 1.00. The lowest BCUT2D eigenvalue weighted by Gasteiger charge is -2.10. The van der Waals surface area contributed by atoms with E-state index < -0.39 is 0 Å². The van der Waals surface area contributed by atoms with Gasteiger partial charge >= 0.3 is 0 Å². The summed E-state index contributed by atoms with van der Waals surface area (Å²) in [6.07, 6.45) is 5.37. The monoisotopic (exact) mass is 163 g/mol. The minimum absolute atomic E-state index is 0.456. The second kappa shape index (κ2) is 2.30. The Morgan fingerprint density at radius 1 is 1.50 bits per heavy atom. The number of pyridine rings is 1. The fourth-order valence-corrected chi connectivity index (χ4v) is 1.00. The van der Waals surface area contributed by atoms with E-state index in [-0.39, 0.29) is 0 Å². The third kappa shape index (κ3) is 1.01. The van der Waals surface area contributed by atoms with Crippen LogP contribution in [0.2, 0.25) is 0 Å². The largest absolute Gasteiger partial charge is 0.806 e. The Labute approximate surface area is 67.4 Å². The molecule has 12 heavy (non-hydrogen) atoms. The first kappa shape index (κ1) is 6.78. The van der Waals surface area contributed by atoms with Gasteiger partial charge in [0.05, 0.1) is 10.5 Å². The van der Waals surface area contributed by atoms with Crippen molar-refractivity contribution >= 4 is 0 Å². The van der Waals surface area contributed by atoms with Crippen LogP contribution in [0, 0.1) is 10.1 Å². The quantitative estimate of drug-likeness (QED) is 0.523. The molecule has 2 rings (SSSR count). The minimum Gasteiger partial charge on any atom is -0.806 e. The molecular formula is C7H5N3O2. The van der Waals surface area contributed by atoms with E-state index in [1.165, 1.54) is 24.8 Å². The van der Waals surface area contributed by atoms with Crippen molar-refractivity contribution in [2.75, 3.05) is 0 Å². The average molecular weight is 163 g/mol. The summed E-state index contributed by atoms with van der Waals surface area (Å²) in [5, 5.41) is 14.2. The molecular weight excluding hydrogens is 158 g/mol. The maximum Gasteiger partial charge on any atom is 0.267 e. The highest BCUT2D eigenvalue weighted by Crippen LogP contribution is 2.15. The van der Waals surface area contributed by atoms with E-state index in [9.17, 15) is 10.1 Å². The Balaban J connectivity index is 2.80. The van der Waals surface area contributed by atoms with Crippen molar-refractivity contribution < 1.29 is 4.54 Å². The number of nitrogens with zero attached hydrogens (tertiary/aromatic N) is 3. The van der Waals surface area contributed by atoms with E-state index in [0.29, 0.717) is 20.4 Å². The van der Waals surface area contributed by atoms with Crippen molar-refractivity contribution in [3.63, 3.8) is 0 Å². The van der Waals surface area contributed by atoms with Gasteiger partial charge in [-0.25, -0.2) is 0 Å². The zero-order valence-corrected chi connectivity index (χ0v) is 6.04. The molecule has 0 N–H and O–H groups in total. The molecule has 0 amide bonds. The van der Waals surface area contributed by atoms with Crippen LogP contribution in [-0.2, 0) is 0 Å². The molecule has 0 aromatic heterocycles. The van der Waals surface area contributed by atoms with Gasteiger partial charge in [0.1, 0.15) is 6.20 Å². The Morgan fingerprint density at radius 3 is 3.17 bits per heavy atom. The summed E-state index contributed by atoms with van der Waals surface area (Å²) in [5.41, 5.74) is 1.35. The van der Waals surface area contributed by atoms with Crippen LogP contribution in [0.1, 0.15) is 0 Å². The molecule has 0 atom stereocenters. The number of fused-ring (bicyclic) bond motifs is 1. The molecule has 0 aromatic rings. The smallest absolute Gasteiger partial charge is 0.267 e. The third-order valence-corrected chi connectivity index (χ3v) is 1.56. The molecule has 5 heteroatoms. The van der Waals surface area contributed by atoms with Gasteiger partial charge in [0.15, 0.2) is 4.54 Å². The maximum absolute atomic E-state index is 10.8. The van der Waals surface area contributed by atoms with Gasteiger partial charge in [-0.05, 0) is 12.3 Å². The van der Waals surface area contributed by atoms with E-state index in [4.69, 9.17) is 0 Å². The number of hydrogen-bond acceptors (Lipinski definition) is 3. The molecule has 0 radical (unpaired) electrons. The van der Waals surface area contributed by atoms with Gasteiger partial charge in [-0.1, -0.05) is 0 Å². The lowest BCUT2D eigenvalue weighted by molar-refractivity contribution is -0.563. The molecule has 0 unspecified atom stereocenters. The van der Waals surface area contributed by atoms with Crippen molar-refractivity contribution in [1.82, 2.24) is 9.83 Å². The Hall–Kier alpha value is -1.91. The molecule has 0 saturated heterocycles. The standard InChI is InChI=1S/C7H5N3O2/c11-9-2-1-6-5-10(12)8-3-7(6)4-9/h1-5H. The van der Waals surface area contributed by atoms with Crippen molar-refractivity contribution in [3.05, 3.63) is 41.0 Å². The van der Waals surface area contributed by atoms with Crippen molar-refractivity contribution in [2.24, 2.45) is 0 Å². The summed E-state index contributed by atoms with van der Waals surface area (Å²) < 4.78 is 1.12.